The van der Waals surface area contributed by atoms with Crippen molar-refractivity contribution in [1.29, 1.82) is 0 Å². The van der Waals surface area contributed by atoms with Crippen molar-refractivity contribution in [1.82, 2.24) is 4.90 Å². The monoisotopic (exact) mass is 206 g/mol. The molecule has 2 heteroatoms. The number of benzene rings is 1. The zero-order valence-electron chi connectivity index (χ0n) is 9.98. The third-order valence-electron chi connectivity index (χ3n) is 2.41. The largest absolute Gasteiger partial charge is 0.323 e. The van der Waals surface area contributed by atoms with Gasteiger partial charge in [-0.2, -0.15) is 0 Å². The maximum atomic E-state index is 6.13. The maximum absolute atomic E-state index is 6.13. The maximum Gasteiger partial charge on any atom is 0.0424 e. The molecule has 0 aliphatic rings. The second kappa shape index (κ2) is 5.89. The van der Waals surface area contributed by atoms with Crippen molar-refractivity contribution in [3.63, 3.8) is 0 Å². The third-order valence-corrected chi connectivity index (χ3v) is 2.41. The lowest BCUT2D eigenvalue weighted by atomic mass is 10.1. The summed E-state index contributed by atoms with van der Waals surface area (Å²) in [6.45, 7) is 6.47. The molecule has 0 saturated heterocycles. The van der Waals surface area contributed by atoms with Crippen LogP contribution < -0.4 is 5.73 Å². The SMILES string of the molecule is CC(C)CN(C)CC(N)c1ccccc1. The molecule has 0 amide bonds. The van der Waals surface area contributed by atoms with E-state index in [4.69, 9.17) is 5.73 Å². The Kier molecular flexibility index (Phi) is 4.79. The molecule has 2 nitrogen and oxygen atoms in total. The molecule has 2 N–H and O–H groups in total. The minimum absolute atomic E-state index is 0.120. The molecule has 1 unspecified atom stereocenters. The van der Waals surface area contributed by atoms with Crippen molar-refractivity contribution >= 4 is 0 Å². The predicted octanol–water partition coefficient (Wildman–Crippen LogP) is 2.27. The summed E-state index contributed by atoms with van der Waals surface area (Å²) in [5.41, 5.74) is 7.35. The standard InChI is InChI=1S/C13H22N2/c1-11(2)9-15(3)10-13(14)12-7-5-4-6-8-12/h4-8,11,13H,9-10,14H2,1-3H3. The van der Waals surface area contributed by atoms with Crippen molar-refractivity contribution in [2.75, 3.05) is 20.1 Å². The summed E-state index contributed by atoms with van der Waals surface area (Å²) in [4.78, 5) is 2.29. The van der Waals surface area contributed by atoms with Gasteiger partial charge in [0.05, 0.1) is 0 Å². The molecule has 1 aromatic carbocycles. The Morgan fingerprint density at radius 3 is 2.27 bits per heavy atom. The van der Waals surface area contributed by atoms with Crippen LogP contribution in [0.2, 0.25) is 0 Å². The number of rotatable bonds is 5. The van der Waals surface area contributed by atoms with Crippen LogP contribution in [0.15, 0.2) is 30.3 Å². The molecular formula is C13H22N2. The van der Waals surface area contributed by atoms with Gasteiger partial charge in [-0.15, -0.1) is 0 Å². The van der Waals surface area contributed by atoms with Crippen LogP contribution >= 0.6 is 0 Å². The first-order valence-electron chi connectivity index (χ1n) is 5.58. The van der Waals surface area contributed by atoms with Crippen molar-refractivity contribution in [2.45, 2.75) is 19.9 Å². The van der Waals surface area contributed by atoms with E-state index in [1.165, 1.54) is 5.56 Å². The van der Waals surface area contributed by atoms with Gasteiger partial charge in [0.25, 0.3) is 0 Å². The lowest BCUT2D eigenvalue weighted by Crippen LogP contribution is -2.31. The number of nitrogens with two attached hydrogens (primary N) is 1. The Balaban J connectivity index is 2.45. The van der Waals surface area contributed by atoms with Crippen molar-refractivity contribution < 1.29 is 0 Å². The van der Waals surface area contributed by atoms with E-state index in [2.05, 4.69) is 37.9 Å². The van der Waals surface area contributed by atoms with Crippen LogP contribution in [0, 0.1) is 5.92 Å². The second-order valence-electron chi connectivity index (χ2n) is 4.63. The Bertz CT molecular complexity index is 269. The Morgan fingerprint density at radius 2 is 1.73 bits per heavy atom. The molecule has 0 saturated carbocycles. The van der Waals surface area contributed by atoms with Gasteiger partial charge in [0, 0.05) is 19.1 Å². The van der Waals surface area contributed by atoms with E-state index >= 15 is 0 Å². The smallest absolute Gasteiger partial charge is 0.0424 e. The summed E-state index contributed by atoms with van der Waals surface area (Å²) in [6, 6.07) is 10.4. The molecule has 0 heterocycles. The van der Waals surface area contributed by atoms with Gasteiger partial charge in [0.1, 0.15) is 0 Å². The lowest BCUT2D eigenvalue weighted by molar-refractivity contribution is 0.279. The molecule has 0 radical (unpaired) electrons. The Morgan fingerprint density at radius 1 is 1.13 bits per heavy atom. The molecular weight excluding hydrogens is 184 g/mol. The normalized spacial score (nSPS) is 13.5. The number of hydrogen-bond donors (Lipinski definition) is 1. The highest BCUT2D eigenvalue weighted by atomic mass is 15.1. The van der Waals surface area contributed by atoms with E-state index in [0.717, 1.165) is 13.1 Å². The fraction of sp³-hybridized carbons (Fsp3) is 0.538. The number of hydrogen-bond acceptors (Lipinski definition) is 2. The summed E-state index contributed by atoms with van der Waals surface area (Å²) in [5.74, 6) is 0.693. The molecule has 0 aliphatic heterocycles. The zero-order chi connectivity index (χ0) is 11.3. The fourth-order valence-electron chi connectivity index (χ4n) is 1.84. The molecule has 84 valence electrons. The van der Waals surface area contributed by atoms with Gasteiger partial charge in [-0.3, -0.25) is 0 Å². The van der Waals surface area contributed by atoms with Crippen LogP contribution in [0.3, 0.4) is 0 Å². The molecule has 0 aromatic heterocycles. The first-order valence-corrected chi connectivity index (χ1v) is 5.58. The molecule has 15 heavy (non-hydrogen) atoms. The van der Waals surface area contributed by atoms with Gasteiger partial charge < -0.3 is 10.6 Å². The summed E-state index contributed by atoms with van der Waals surface area (Å²) in [6.07, 6.45) is 0. The van der Waals surface area contributed by atoms with Gasteiger partial charge in [-0.25, -0.2) is 0 Å². The highest BCUT2D eigenvalue weighted by Gasteiger charge is 2.09. The van der Waals surface area contributed by atoms with Gasteiger partial charge in [-0.1, -0.05) is 44.2 Å². The number of nitrogens with zero attached hydrogens (tertiary/aromatic N) is 1. The van der Waals surface area contributed by atoms with Crippen LogP contribution in [0.1, 0.15) is 25.5 Å². The summed E-state index contributed by atoms with van der Waals surface area (Å²) in [7, 11) is 2.13. The first kappa shape index (κ1) is 12.2. The van der Waals surface area contributed by atoms with Gasteiger partial charge >= 0.3 is 0 Å². The first-order chi connectivity index (χ1) is 7.09. The summed E-state index contributed by atoms with van der Waals surface area (Å²) >= 11 is 0. The van der Waals surface area contributed by atoms with Crippen LogP contribution in [-0.2, 0) is 0 Å². The summed E-state index contributed by atoms with van der Waals surface area (Å²) < 4.78 is 0. The second-order valence-corrected chi connectivity index (χ2v) is 4.63. The van der Waals surface area contributed by atoms with E-state index in [9.17, 15) is 0 Å². The van der Waals surface area contributed by atoms with E-state index in [1.807, 2.05) is 18.2 Å². The molecule has 1 aromatic rings. The topological polar surface area (TPSA) is 29.3 Å². The van der Waals surface area contributed by atoms with Crippen molar-refractivity contribution in [2.24, 2.45) is 11.7 Å². The molecule has 0 aliphatic carbocycles. The van der Waals surface area contributed by atoms with Gasteiger partial charge in [-0.05, 0) is 18.5 Å². The van der Waals surface area contributed by atoms with E-state index in [0.29, 0.717) is 5.92 Å². The fourth-order valence-corrected chi connectivity index (χ4v) is 1.84. The average molecular weight is 206 g/mol. The van der Waals surface area contributed by atoms with Gasteiger partial charge in [0.15, 0.2) is 0 Å². The average Bonchev–Trinajstić information content (AvgIpc) is 2.17. The quantitative estimate of drug-likeness (QED) is 0.801. The van der Waals surface area contributed by atoms with E-state index in [-0.39, 0.29) is 6.04 Å². The highest BCUT2D eigenvalue weighted by Crippen LogP contribution is 2.10. The highest BCUT2D eigenvalue weighted by molar-refractivity contribution is 5.18. The summed E-state index contributed by atoms with van der Waals surface area (Å²) in [5, 5.41) is 0. The Labute approximate surface area is 93.1 Å². The Hall–Kier alpha value is -0.860. The van der Waals surface area contributed by atoms with Crippen LogP contribution in [0.4, 0.5) is 0 Å². The molecule has 0 spiro atoms. The minimum Gasteiger partial charge on any atom is -0.323 e. The zero-order valence-corrected chi connectivity index (χ0v) is 9.98. The molecule has 1 atom stereocenters. The predicted molar refractivity (Wildman–Crippen MR) is 65.7 cm³/mol. The lowest BCUT2D eigenvalue weighted by Gasteiger charge is -2.23. The third kappa shape index (κ3) is 4.45. The van der Waals surface area contributed by atoms with Crippen LogP contribution in [0.5, 0.6) is 0 Å². The van der Waals surface area contributed by atoms with Gasteiger partial charge in [0.2, 0.25) is 0 Å². The van der Waals surface area contributed by atoms with E-state index < -0.39 is 0 Å². The molecule has 0 bridgehead atoms. The van der Waals surface area contributed by atoms with E-state index in [1.54, 1.807) is 0 Å². The minimum atomic E-state index is 0.120. The van der Waals surface area contributed by atoms with Crippen molar-refractivity contribution in [3.8, 4) is 0 Å². The van der Waals surface area contributed by atoms with Crippen LogP contribution in [0.25, 0.3) is 0 Å². The van der Waals surface area contributed by atoms with Crippen LogP contribution in [-0.4, -0.2) is 25.0 Å². The molecule has 0 fully saturated rings. The molecule has 1 rings (SSSR count). The number of likely N-dealkylation sites (N-methyl/N-ethyl adjacent to an activating group) is 1. The van der Waals surface area contributed by atoms with Crippen molar-refractivity contribution in [3.05, 3.63) is 35.9 Å².